The molecule has 102 valence electrons. The van der Waals surface area contributed by atoms with Crippen molar-refractivity contribution in [2.75, 3.05) is 26.2 Å². The molecular weight excluding hydrogens is 208 g/mol. The third-order valence-electron chi connectivity index (χ3n) is 4.24. The Labute approximate surface area is 108 Å². The van der Waals surface area contributed by atoms with Gasteiger partial charge in [-0.05, 0) is 50.7 Å². The molecule has 0 heterocycles. The standard InChI is InChI=1S/C15H32N2/c1-3-11-17(12-4-2)14-15(13-16)9-7-5-6-8-10-15/h3-14,16H2,1-2H3. The summed E-state index contributed by atoms with van der Waals surface area (Å²) in [6.07, 6.45) is 10.9. The van der Waals surface area contributed by atoms with Crippen LogP contribution in [0.5, 0.6) is 0 Å². The number of rotatable bonds is 7. The second kappa shape index (κ2) is 8.10. The molecule has 1 rings (SSSR count). The zero-order chi connectivity index (χ0) is 12.6. The van der Waals surface area contributed by atoms with Crippen molar-refractivity contribution in [3.05, 3.63) is 0 Å². The van der Waals surface area contributed by atoms with Gasteiger partial charge in [-0.1, -0.05) is 39.5 Å². The smallest absolute Gasteiger partial charge is 0.00501 e. The van der Waals surface area contributed by atoms with Gasteiger partial charge < -0.3 is 10.6 Å². The van der Waals surface area contributed by atoms with E-state index in [1.54, 1.807) is 0 Å². The summed E-state index contributed by atoms with van der Waals surface area (Å²) in [4.78, 5) is 2.65. The van der Waals surface area contributed by atoms with Crippen molar-refractivity contribution in [3.8, 4) is 0 Å². The number of hydrogen-bond acceptors (Lipinski definition) is 2. The first-order chi connectivity index (χ1) is 8.26. The van der Waals surface area contributed by atoms with E-state index in [9.17, 15) is 0 Å². The van der Waals surface area contributed by atoms with Gasteiger partial charge in [0.25, 0.3) is 0 Å². The maximum Gasteiger partial charge on any atom is 0.00501 e. The highest BCUT2D eigenvalue weighted by Gasteiger charge is 2.31. The van der Waals surface area contributed by atoms with Crippen LogP contribution in [0, 0.1) is 5.41 Å². The largest absolute Gasteiger partial charge is 0.330 e. The normalized spacial score (nSPS) is 20.5. The van der Waals surface area contributed by atoms with Crippen molar-refractivity contribution in [2.24, 2.45) is 11.1 Å². The van der Waals surface area contributed by atoms with Gasteiger partial charge in [-0.25, -0.2) is 0 Å². The van der Waals surface area contributed by atoms with Gasteiger partial charge in [-0.2, -0.15) is 0 Å². The zero-order valence-corrected chi connectivity index (χ0v) is 12.0. The molecular formula is C15H32N2. The van der Waals surface area contributed by atoms with E-state index in [0.29, 0.717) is 5.41 Å². The topological polar surface area (TPSA) is 29.3 Å². The highest BCUT2D eigenvalue weighted by atomic mass is 15.1. The Hall–Kier alpha value is -0.0800. The predicted molar refractivity (Wildman–Crippen MR) is 76.2 cm³/mol. The van der Waals surface area contributed by atoms with E-state index in [-0.39, 0.29) is 0 Å². The summed E-state index contributed by atoms with van der Waals surface area (Å²) in [5, 5.41) is 0. The molecule has 2 N–H and O–H groups in total. The van der Waals surface area contributed by atoms with Crippen molar-refractivity contribution >= 4 is 0 Å². The third-order valence-corrected chi connectivity index (χ3v) is 4.24. The highest BCUT2D eigenvalue weighted by molar-refractivity contribution is 4.85. The second-order valence-corrected chi connectivity index (χ2v) is 5.89. The fourth-order valence-corrected chi connectivity index (χ4v) is 3.28. The lowest BCUT2D eigenvalue weighted by Crippen LogP contribution is -2.43. The van der Waals surface area contributed by atoms with E-state index in [2.05, 4.69) is 18.7 Å². The number of hydrogen-bond donors (Lipinski definition) is 1. The fourth-order valence-electron chi connectivity index (χ4n) is 3.28. The Morgan fingerprint density at radius 3 is 1.88 bits per heavy atom. The molecule has 0 unspecified atom stereocenters. The molecule has 0 atom stereocenters. The molecule has 0 aromatic heterocycles. The summed E-state index contributed by atoms with van der Waals surface area (Å²) >= 11 is 0. The molecule has 1 fully saturated rings. The van der Waals surface area contributed by atoms with Crippen LogP contribution >= 0.6 is 0 Å². The maximum absolute atomic E-state index is 6.12. The third kappa shape index (κ3) is 4.97. The Morgan fingerprint density at radius 2 is 1.47 bits per heavy atom. The Kier molecular flexibility index (Phi) is 7.14. The molecule has 1 saturated carbocycles. The van der Waals surface area contributed by atoms with Crippen molar-refractivity contribution in [1.29, 1.82) is 0 Å². The van der Waals surface area contributed by atoms with E-state index in [0.717, 1.165) is 6.54 Å². The van der Waals surface area contributed by atoms with Crippen LogP contribution in [0.25, 0.3) is 0 Å². The van der Waals surface area contributed by atoms with E-state index in [1.165, 1.54) is 71.0 Å². The molecule has 1 aliphatic rings. The monoisotopic (exact) mass is 240 g/mol. The number of nitrogens with two attached hydrogens (primary N) is 1. The minimum Gasteiger partial charge on any atom is -0.330 e. The molecule has 2 nitrogen and oxygen atoms in total. The SMILES string of the molecule is CCCN(CCC)CC1(CN)CCCCCC1. The average Bonchev–Trinajstić information content (AvgIpc) is 2.56. The molecule has 0 aliphatic heterocycles. The molecule has 2 heteroatoms. The van der Waals surface area contributed by atoms with Gasteiger partial charge in [0.2, 0.25) is 0 Å². The predicted octanol–water partition coefficient (Wildman–Crippen LogP) is 3.41. The molecule has 0 saturated heterocycles. The van der Waals surface area contributed by atoms with Crippen LogP contribution in [0.3, 0.4) is 0 Å². The second-order valence-electron chi connectivity index (χ2n) is 5.89. The summed E-state index contributed by atoms with van der Waals surface area (Å²) in [6.45, 7) is 9.18. The summed E-state index contributed by atoms with van der Waals surface area (Å²) in [6, 6.07) is 0. The highest BCUT2D eigenvalue weighted by Crippen LogP contribution is 2.35. The summed E-state index contributed by atoms with van der Waals surface area (Å²) in [5.41, 5.74) is 6.55. The van der Waals surface area contributed by atoms with E-state index < -0.39 is 0 Å². The van der Waals surface area contributed by atoms with E-state index in [4.69, 9.17) is 5.73 Å². The molecule has 0 spiro atoms. The van der Waals surface area contributed by atoms with Crippen LogP contribution in [0.15, 0.2) is 0 Å². The summed E-state index contributed by atoms with van der Waals surface area (Å²) < 4.78 is 0. The quantitative estimate of drug-likeness (QED) is 0.691. The Morgan fingerprint density at radius 1 is 0.941 bits per heavy atom. The van der Waals surface area contributed by atoms with Gasteiger partial charge in [0, 0.05) is 6.54 Å². The fraction of sp³-hybridized carbons (Fsp3) is 1.00. The number of nitrogens with zero attached hydrogens (tertiary/aromatic N) is 1. The molecule has 0 bridgehead atoms. The Bertz CT molecular complexity index is 177. The van der Waals surface area contributed by atoms with Crippen molar-refractivity contribution in [2.45, 2.75) is 65.2 Å². The van der Waals surface area contributed by atoms with Gasteiger partial charge in [-0.15, -0.1) is 0 Å². The average molecular weight is 240 g/mol. The maximum atomic E-state index is 6.12. The first kappa shape index (κ1) is 15.0. The van der Waals surface area contributed by atoms with Gasteiger partial charge in [-0.3, -0.25) is 0 Å². The van der Waals surface area contributed by atoms with E-state index >= 15 is 0 Å². The van der Waals surface area contributed by atoms with Crippen molar-refractivity contribution in [3.63, 3.8) is 0 Å². The van der Waals surface area contributed by atoms with Crippen LogP contribution in [0.2, 0.25) is 0 Å². The van der Waals surface area contributed by atoms with Crippen molar-refractivity contribution < 1.29 is 0 Å². The summed E-state index contributed by atoms with van der Waals surface area (Å²) in [7, 11) is 0. The first-order valence-corrected chi connectivity index (χ1v) is 7.69. The minimum atomic E-state index is 0.431. The molecule has 17 heavy (non-hydrogen) atoms. The lowest BCUT2D eigenvalue weighted by Gasteiger charge is -2.37. The summed E-state index contributed by atoms with van der Waals surface area (Å²) in [5.74, 6) is 0. The van der Waals surface area contributed by atoms with Crippen LogP contribution in [-0.4, -0.2) is 31.1 Å². The molecule has 0 aromatic carbocycles. The van der Waals surface area contributed by atoms with Gasteiger partial charge in [0.05, 0.1) is 0 Å². The van der Waals surface area contributed by atoms with E-state index in [1.807, 2.05) is 0 Å². The van der Waals surface area contributed by atoms with Crippen LogP contribution in [-0.2, 0) is 0 Å². The molecule has 1 aliphatic carbocycles. The van der Waals surface area contributed by atoms with Crippen LogP contribution < -0.4 is 5.73 Å². The van der Waals surface area contributed by atoms with Gasteiger partial charge in [0.15, 0.2) is 0 Å². The molecule has 0 aromatic rings. The zero-order valence-electron chi connectivity index (χ0n) is 12.0. The van der Waals surface area contributed by atoms with Crippen molar-refractivity contribution in [1.82, 2.24) is 4.90 Å². The molecule has 0 amide bonds. The van der Waals surface area contributed by atoms with Crippen LogP contribution in [0.1, 0.15) is 65.2 Å². The lowest BCUT2D eigenvalue weighted by atomic mass is 9.80. The van der Waals surface area contributed by atoms with Gasteiger partial charge >= 0.3 is 0 Å². The van der Waals surface area contributed by atoms with Crippen LogP contribution in [0.4, 0.5) is 0 Å². The molecule has 0 radical (unpaired) electrons. The minimum absolute atomic E-state index is 0.431. The lowest BCUT2D eigenvalue weighted by molar-refractivity contribution is 0.136. The van der Waals surface area contributed by atoms with Gasteiger partial charge in [0.1, 0.15) is 0 Å². The Balaban J connectivity index is 2.56. The first-order valence-electron chi connectivity index (χ1n) is 7.69.